The average Bonchev–Trinajstić information content (AvgIpc) is 2.62. The van der Waals surface area contributed by atoms with Crippen molar-refractivity contribution in [2.75, 3.05) is 7.05 Å². The van der Waals surface area contributed by atoms with Gasteiger partial charge in [0.1, 0.15) is 5.75 Å². The maximum absolute atomic E-state index is 12.5. The van der Waals surface area contributed by atoms with Gasteiger partial charge in [0, 0.05) is 36.0 Å². The minimum Gasteiger partial charge on any atom is -0.424 e. The third-order valence-electron chi connectivity index (χ3n) is 3.52. The minimum atomic E-state index is -0.215. The molecule has 132 valence electrons. The molecule has 0 aliphatic heterocycles. The Morgan fingerprint density at radius 1 is 1.04 bits per heavy atom. The summed E-state index contributed by atoms with van der Waals surface area (Å²) in [5.74, 6) is 0.411. The summed E-state index contributed by atoms with van der Waals surface area (Å²) in [6.07, 6.45) is 2.88. The van der Waals surface area contributed by atoms with Crippen molar-refractivity contribution in [1.29, 1.82) is 0 Å². The van der Waals surface area contributed by atoms with E-state index in [2.05, 4.69) is 9.97 Å². The third-order valence-corrected chi connectivity index (χ3v) is 3.95. The normalized spacial score (nSPS) is 10.4. The second-order valence-electron chi connectivity index (χ2n) is 5.61. The molecular formula is C19H15Cl2N3O2. The zero-order valence-electron chi connectivity index (χ0n) is 13.9. The first kappa shape index (κ1) is 18.2. The number of benzene rings is 2. The number of carbonyl (C=O) groups excluding carboxylic acids is 1. The first-order valence-corrected chi connectivity index (χ1v) is 8.52. The van der Waals surface area contributed by atoms with Crippen molar-refractivity contribution in [3.63, 3.8) is 0 Å². The zero-order valence-corrected chi connectivity index (χ0v) is 15.4. The molecule has 1 aromatic heterocycles. The Morgan fingerprint density at radius 3 is 2.27 bits per heavy atom. The van der Waals surface area contributed by atoms with Gasteiger partial charge in [-0.05, 0) is 35.9 Å². The molecule has 0 spiro atoms. The molecule has 7 heteroatoms. The topological polar surface area (TPSA) is 55.3 Å². The number of ether oxygens (including phenoxy) is 1. The van der Waals surface area contributed by atoms with Crippen LogP contribution in [-0.2, 0) is 6.54 Å². The molecule has 1 amide bonds. The summed E-state index contributed by atoms with van der Waals surface area (Å²) in [5.41, 5.74) is 1.20. The van der Waals surface area contributed by atoms with Gasteiger partial charge in [0.15, 0.2) is 0 Å². The van der Waals surface area contributed by atoms with Crippen LogP contribution in [0.1, 0.15) is 15.9 Å². The van der Waals surface area contributed by atoms with Crippen molar-refractivity contribution in [3.05, 3.63) is 82.1 Å². The van der Waals surface area contributed by atoms with E-state index in [1.54, 1.807) is 42.3 Å². The third kappa shape index (κ3) is 4.71. The fraction of sp³-hybridized carbons (Fsp3) is 0.105. The van der Waals surface area contributed by atoms with E-state index in [1.165, 1.54) is 12.4 Å². The molecule has 26 heavy (non-hydrogen) atoms. The van der Waals surface area contributed by atoms with Gasteiger partial charge in [0.05, 0.1) is 5.56 Å². The van der Waals surface area contributed by atoms with Crippen molar-refractivity contribution in [2.24, 2.45) is 0 Å². The first-order chi connectivity index (χ1) is 12.5. The molecule has 3 aromatic rings. The molecule has 0 N–H and O–H groups in total. The fourth-order valence-corrected chi connectivity index (χ4v) is 2.91. The Morgan fingerprint density at radius 2 is 1.65 bits per heavy atom. The van der Waals surface area contributed by atoms with Gasteiger partial charge in [-0.2, -0.15) is 0 Å². The minimum absolute atomic E-state index is 0.178. The lowest BCUT2D eigenvalue weighted by Crippen LogP contribution is -2.26. The zero-order chi connectivity index (χ0) is 18.5. The Hall–Kier alpha value is -2.63. The molecular weight excluding hydrogens is 373 g/mol. The maximum atomic E-state index is 12.5. The van der Waals surface area contributed by atoms with E-state index in [0.717, 1.165) is 5.56 Å². The number of carbonyl (C=O) groups is 1. The highest BCUT2D eigenvalue weighted by Crippen LogP contribution is 2.21. The van der Waals surface area contributed by atoms with E-state index >= 15 is 0 Å². The van der Waals surface area contributed by atoms with Gasteiger partial charge in [0.2, 0.25) is 0 Å². The summed E-state index contributed by atoms with van der Waals surface area (Å²) in [6, 6.07) is 14.5. The molecule has 0 saturated carbocycles. The second kappa shape index (κ2) is 8.17. The molecule has 5 nitrogen and oxygen atoms in total. The molecule has 0 atom stereocenters. The molecule has 0 bridgehead atoms. The van der Waals surface area contributed by atoms with Crippen molar-refractivity contribution < 1.29 is 9.53 Å². The predicted octanol–water partition coefficient (Wildman–Crippen LogP) is 4.85. The van der Waals surface area contributed by atoms with E-state index in [4.69, 9.17) is 27.9 Å². The number of aromatic nitrogens is 2. The molecule has 0 unspecified atom stereocenters. The van der Waals surface area contributed by atoms with Gasteiger partial charge in [-0.25, -0.2) is 9.97 Å². The molecule has 0 fully saturated rings. The van der Waals surface area contributed by atoms with E-state index < -0.39 is 0 Å². The van der Waals surface area contributed by atoms with Crippen LogP contribution in [0.3, 0.4) is 0 Å². The monoisotopic (exact) mass is 387 g/mol. The highest BCUT2D eigenvalue weighted by Gasteiger charge is 2.14. The van der Waals surface area contributed by atoms with Crippen LogP contribution in [0.15, 0.2) is 60.9 Å². The number of rotatable bonds is 5. The molecule has 3 rings (SSSR count). The summed E-state index contributed by atoms with van der Waals surface area (Å²) in [4.78, 5) is 22.2. The molecule has 1 heterocycles. The van der Waals surface area contributed by atoms with Crippen LogP contribution in [0.4, 0.5) is 0 Å². The van der Waals surface area contributed by atoms with Crippen molar-refractivity contribution >= 4 is 29.1 Å². The average molecular weight is 388 g/mol. The highest BCUT2D eigenvalue weighted by atomic mass is 35.5. The second-order valence-corrected chi connectivity index (χ2v) is 6.48. The lowest BCUT2D eigenvalue weighted by Gasteiger charge is -2.17. The smallest absolute Gasteiger partial charge is 0.321 e. The summed E-state index contributed by atoms with van der Waals surface area (Å²) >= 11 is 12.0. The van der Waals surface area contributed by atoms with Crippen molar-refractivity contribution in [3.8, 4) is 11.8 Å². The lowest BCUT2D eigenvalue weighted by molar-refractivity contribution is 0.0784. The van der Waals surface area contributed by atoms with Gasteiger partial charge >= 0.3 is 6.01 Å². The van der Waals surface area contributed by atoms with Crippen molar-refractivity contribution in [1.82, 2.24) is 14.9 Å². The first-order valence-electron chi connectivity index (χ1n) is 7.76. The molecule has 0 aliphatic rings. The van der Waals surface area contributed by atoms with Crippen LogP contribution < -0.4 is 4.74 Å². The Bertz CT molecular complexity index is 882. The van der Waals surface area contributed by atoms with E-state index in [-0.39, 0.29) is 11.9 Å². The number of halogens is 2. The van der Waals surface area contributed by atoms with Crippen LogP contribution in [-0.4, -0.2) is 27.8 Å². The van der Waals surface area contributed by atoms with Gasteiger partial charge in [-0.15, -0.1) is 0 Å². The highest BCUT2D eigenvalue weighted by molar-refractivity contribution is 6.34. The largest absolute Gasteiger partial charge is 0.424 e. The van der Waals surface area contributed by atoms with Crippen LogP contribution in [0.2, 0.25) is 10.0 Å². The number of hydrogen-bond donors (Lipinski definition) is 0. The van der Waals surface area contributed by atoms with Gasteiger partial charge in [-0.1, -0.05) is 41.4 Å². The van der Waals surface area contributed by atoms with Gasteiger partial charge in [-0.3, -0.25) is 4.79 Å². The summed E-state index contributed by atoms with van der Waals surface area (Å²) < 4.78 is 5.52. The summed E-state index contributed by atoms with van der Waals surface area (Å²) in [6.45, 7) is 0.362. The van der Waals surface area contributed by atoms with E-state index in [9.17, 15) is 4.79 Å². The number of para-hydroxylation sites is 1. The quantitative estimate of drug-likeness (QED) is 0.627. The molecule has 2 aromatic carbocycles. The van der Waals surface area contributed by atoms with E-state index in [0.29, 0.717) is 27.9 Å². The number of amides is 1. The van der Waals surface area contributed by atoms with Gasteiger partial charge < -0.3 is 9.64 Å². The fourth-order valence-electron chi connectivity index (χ4n) is 2.34. The van der Waals surface area contributed by atoms with Crippen LogP contribution in [0, 0.1) is 0 Å². The molecule has 0 radical (unpaired) electrons. The van der Waals surface area contributed by atoms with Crippen molar-refractivity contribution in [2.45, 2.75) is 6.54 Å². The number of nitrogens with zero attached hydrogens (tertiary/aromatic N) is 3. The Labute approximate surface area is 161 Å². The number of hydrogen-bond acceptors (Lipinski definition) is 4. The Balaban J connectivity index is 1.67. The van der Waals surface area contributed by atoms with Gasteiger partial charge in [0.25, 0.3) is 5.91 Å². The lowest BCUT2D eigenvalue weighted by atomic mass is 10.2. The maximum Gasteiger partial charge on any atom is 0.321 e. The van der Waals surface area contributed by atoms with E-state index in [1.807, 2.05) is 18.2 Å². The molecule has 0 saturated heterocycles. The SMILES string of the molecule is CN(Cc1cc(Cl)cc(Cl)c1)C(=O)c1cnc(Oc2ccccc2)nc1. The van der Waals surface area contributed by atoms with Crippen LogP contribution in [0.25, 0.3) is 0 Å². The Kier molecular flexibility index (Phi) is 5.71. The summed E-state index contributed by atoms with van der Waals surface area (Å²) in [7, 11) is 1.69. The van der Waals surface area contributed by atoms with Crippen LogP contribution in [0.5, 0.6) is 11.8 Å². The van der Waals surface area contributed by atoms with Crippen LogP contribution >= 0.6 is 23.2 Å². The predicted molar refractivity (Wildman–Crippen MR) is 101 cm³/mol. The summed E-state index contributed by atoms with van der Waals surface area (Å²) in [5, 5.41) is 1.05. The standard InChI is InChI=1S/C19H15Cl2N3O2/c1-24(12-13-7-15(20)9-16(21)8-13)18(25)14-10-22-19(23-11-14)26-17-5-3-2-4-6-17/h2-11H,12H2,1H3. The molecule has 0 aliphatic carbocycles.